The van der Waals surface area contributed by atoms with Crippen LogP contribution in [0, 0.1) is 5.92 Å². The molecule has 21 heavy (non-hydrogen) atoms. The summed E-state index contributed by atoms with van der Waals surface area (Å²) in [5, 5.41) is 5.24. The molecule has 0 aliphatic carbocycles. The van der Waals surface area contributed by atoms with E-state index in [1.807, 2.05) is 13.8 Å². The maximum atomic E-state index is 12.2. The Morgan fingerprint density at radius 3 is 2.14 bits per heavy atom. The third-order valence-corrected chi connectivity index (χ3v) is 3.38. The molecule has 2 amide bonds. The SMILES string of the molecule is CC(=O)N[C@H](C(=O)Nc1ccc(SC(F)F)cc1)C(C)C. The maximum Gasteiger partial charge on any atom is 0.288 e. The number of benzene rings is 1. The summed E-state index contributed by atoms with van der Waals surface area (Å²) in [7, 11) is 0. The minimum Gasteiger partial charge on any atom is -0.344 e. The van der Waals surface area contributed by atoms with Crippen molar-refractivity contribution in [1.29, 1.82) is 0 Å². The van der Waals surface area contributed by atoms with Crippen LogP contribution in [0.1, 0.15) is 20.8 Å². The van der Waals surface area contributed by atoms with E-state index in [0.717, 1.165) is 0 Å². The number of hydrogen-bond donors (Lipinski definition) is 2. The first kappa shape index (κ1) is 17.4. The minimum absolute atomic E-state index is 0.0671. The van der Waals surface area contributed by atoms with E-state index < -0.39 is 11.8 Å². The molecule has 2 N–H and O–H groups in total. The zero-order valence-corrected chi connectivity index (χ0v) is 12.8. The quantitative estimate of drug-likeness (QED) is 0.793. The van der Waals surface area contributed by atoms with Crippen LogP contribution in [-0.4, -0.2) is 23.6 Å². The number of alkyl halides is 2. The molecule has 0 spiro atoms. The lowest BCUT2D eigenvalue weighted by Gasteiger charge is -2.21. The summed E-state index contributed by atoms with van der Waals surface area (Å²) in [5.41, 5.74) is 0.495. The molecule has 4 nitrogen and oxygen atoms in total. The first-order valence-electron chi connectivity index (χ1n) is 6.42. The zero-order chi connectivity index (χ0) is 16.0. The minimum atomic E-state index is -2.48. The molecule has 0 saturated heterocycles. The number of thioether (sulfide) groups is 1. The van der Waals surface area contributed by atoms with Gasteiger partial charge in [-0.2, -0.15) is 8.78 Å². The van der Waals surface area contributed by atoms with Crippen LogP contribution in [0.3, 0.4) is 0 Å². The number of carbonyl (C=O) groups is 2. The zero-order valence-electron chi connectivity index (χ0n) is 12.0. The predicted octanol–water partition coefficient (Wildman–Crippen LogP) is 3.10. The highest BCUT2D eigenvalue weighted by Gasteiger charge is 2.22. The number of rotatable bonds is 6. The van der Waals surface area contributed by atoms with Gasteiger partial charge in [0.25, 0.3) is 5.76 Å². The Hall–Kier alpha value is -1.63. The largest absolute Gasteiger partial charge is 0.344 e. The van der Waals surface area contributed by atoms with Crippen molar-refractivity contribution >= 4 is 29.3 Å². The van der Waals surface area contributed by atoms with Crippen molar-refractivity contribution in [3.05, 3.63) is 24.3 Å². The molecule has 1 aromatic rings. The van der Waals surface area contributed by atoms with Crippen LogP contribution >= 0.6 is 11.8 Å². The first-order valence-corrected chi connectivity index (χ1v) is 7.30. The van der Waals surface area contributed by atoms with Gasteiger partial charge >= 0.3 is 0 Å². The van der Waals surface area contributed by atoms with E-state index in [4.69, 9.17) is 0 Å². The molecule has 0 fully saturated rings. The Morgan fingerprint density at radius 2 is 1.71 bits per heavy atom. The highest BCUT2D eigenvalue weighted by molar-refractivity contribution is 7.99. The molecule has 7 heteroatoms. The number of hydrogen-bond acceptors (Lipinski definition) is 3. The molecule has 0 aliphatic rings. The number of nitrogens with one attached hydrogen (secondary N) is 2. The number of anilines is 1. The van der Waals surface area contributed by atoms with Gasteiger partial charge in [0.1, 0.15) is 6.04 Å². The van der Waals surface area contributed by atoms with Gasteiger partial charge in [0.05, 0.1) is 0 Å². The van der Waals surface area contributed by atoms with Crippen LogP contribution in [0.4, 0.5) is 14.5 Å². The van der Waals surface area contributed by atoms with Crippen molar-refractivity contribution in [3.63, 3.8) is 0 Å². The summed E-state index contributed by atoms with van der Waals surface area (Å²) in [4.78, 5) is 23.6. The lowest BCUT2D eigenvalue weighted by molar-refractivity contribution is -0.126. The maximum absolute atomic E-state index is 12.2. The van der Waals surface area contributed by atoms with Crippen LogP contribution in [0.15, 0.2) is 29.2 Å². The van der Waals surface area contributed by atoms with Gasteiger partial charge in [0, 0.05) is 17.5 Å². The average molecular weight is 316 g/mol. The van der Waals surface area contributed by atoms with Crippen molar-refractivity contribution in [2.45, 2.75) is 37.5 Å². The molecule has 0 aliphatic heterocycles. The van der Waals surface area contributed by atoms with E-state index >= 15 is 0 Å². The van der Waals surface area contributed by atoms with E-state index in [-0.39, 0.29) is 17.7 Å². The molecule has 1 rings (SSSR count). The molecule has 0 heterocycles. The number of amides is 2. The fraction of sp³-hybridized carbons (Fsp3) is 0.429. The Kier molecular flexibility index (Phi) is 6.61. The van der Waals surface area contributed by atoms with Crippen LogP contribution in [0.2, 0.25) is 0 Å². The van der Waals surface area contributed by atoms with E-state index in [9.17, 15) is 18.4 Å². The molecule has 0 aromatic heterocycles. The third kappa shape index (κ3) is 6.12. The number of carbonyl (C=O) groups excluding carboxylic acids is 2. The van der Waals surface area contributed by atoms with E-state index in [2.05, 4.69) is 10.6 Å². The highest BCUT2D eigenvalue weighted by Crippen LogP contribution is 2.26. The van der Waals surface area contributed by atoms with Gasteiger partial charge in [-0.15, -0.1) is 0 Å². The molecule has 0 unspecified atom stereocenters. The summed E-state index contributed by atoms with van der Waals surface area (Å²) in [5.74, 6) is -3.17. The molecule has 116 valence electrons. The van der Waals surface area contributed by atoms with E-state index in [1.54, 1.807) is 12.1 Å². The smallest absolute Gasteiger partial charge is 0.288 e. The molecule has 1 aromatic carbocycles. The Morgan fingerprint density at radius 1 is 1.14 bits per heavy atom. The second-order valence-corrected chi connectivity index (χ2v) is 5.88. The molecule has 0 saturated carbocycles. The van der Waals surface area contributed by atoms with Crippen molar-refractivity contribution in [1.82, 2.24) is 5.32 Å². The number of halogens is 2. The summed E-state index contributed by atoms with van der Waals surface area (Å²) >= 11 is 0.443. The normalized spacial score (nSPS) is 12.3. The van der Waals surface area contributed by atoms with Crippen LogP contribution in [0.5, 0.6) is 0 Å². The van der Waals surface area contributed by atoms with E-state index in [0.29, 0.717) is 22.3 Å². The standard InChI is InChI=1S/C14H18F2N2O2S/c1-8(2)12(17-9(3)19)13(20)18-10-4-6-11(7-5-10)21-14(15)16/h4-8,12,14H,1-3H3,(H,17,19)(H,18,20)/t12-/m0/s1. The van der Waals surface area contributed by atoms with Gasteiger partial charge in [0.2, 0.25) is 11.8 Å². The molecular formula is C14H18F2N2O2S. The Bertz CT molecular complexity index is 492. The lowest BCUT2D eigenvalue weighted by atomic mass is 10.0. The lowest BCUT2D eigenvalue weighted by Crippen LogP contribution is -2.46. The molecular weight excluding hydrogens is 298 g/mol. The van der Waals surface area contributed by atoms with Gasteiger partial charge in [-0.3, -0.25) is 9.59 Å². The second-order valence-electron chi connectivity index (χ2n) is 4.81. The van der Waals surface area contributed by atoms with Crippen LogP contribution in [0.25, 0.3) is 0 Å². The monoisotopic (exact) mass is 316 g/mol. The summed E-state index contributed by atoms with van der Waals surface area (Å²) in [6, 6.07) is 5.48. The van der Waals surface area contributed by atoms with Crippen molar-refractivity contribution in [2.24, 2.45) is 5.92 Å². The van der Waals surface area contributed by atoms with Gasteiger partial charge in [0.15, 0.2) is 0 Å². The Balaban J connectivity index is 2.70. The fourth-order valence-electron chi connectivity index (χ4n) is 1.69. The molecule has 0 radical (unpaired) electrons. The van der Waals surface area contributed by atoms with Gasteiger partial charge in [-0.05, 0) is 30.2 Å². The third-order valence-electron chi connectivity index (χ3n) is 2.65. The Labute approximate surface area is 126 Å². The van der Waals surface area contributed by atoms with Gasteiger partial charge in [-0.25, -0.2) is 0 Å². The molecule has 0 bridgehead atoms. The summed E-state index contributed by atoms with van der Waals surface area (Å²) in [6.45, 7) is 4.99. The summed E-state index contributed by atoms with van der Waals surface area (Å²) in [6.07, 6.45) is 0. The second kappa shape index (κ2) is 7.97. The average Bonchev–Trinajstić information content (AvgIpc) is 2.37. The molecule has 1 atom stereocenters. The predicted molar refractivity (Wildman–Crippen MR) is 79.4 cm³/mol. The van der Waals surface area contributed by atoms with Crippen LogP contribution in [-0.2, 0) is 9.59 Å². The fourth-order valence-corrected chi connectivity index (χ4v) is 2.19. The van der Waals surface area contributed by atoms with E-state index in [1.165, 1.54) is 19.1 Å². The van der Waals surface area contributed by atoms with Crippen molar-refractivity contribution in [3.8, 4) is 0 Å². The highest BCUT2D eigenvalue weighted by atomic mass is 32.2. The van der Waals surface area contributed by atoms with Crippen molar-refractivity contribution in [2.75, 3.05) is 5.32 Å². The van der Waals surface area contributed by atoms with Crippen molar-refractivity contribution < 1.29 is 18.4 Å². The topological polar surface area (TPSA) is 58.2 Å². The van der Waals surface area contributed by atoms with Gasteiger partial charge < -0.3 is 10.6 Å². The van der Waals surface area contributed by atoms with Gasteiger partial charge in [-0.1, -0.05) is 25.6 Å². The summed E-state index contributed by atoms with van der Waals surface area (Å²) < 4.78 is 24.4. The first-order chi connectivity index (χ1) is 9.79. The van der Waals surface area contributed by atoms with Crippen LogP contribution < -0.4 is 10.6 Å².